The van der Waals surface area contributed by atoms with Gasteiger partial charge in [0.25, 0.3) is 11.8 Å². The predicted octanol–water partition coefficient (Wildman–Crippen LogP) is 5.00. The van der Waals surface area contributed by atoms with E-state index in [4.69, 9.17) is 39.3 Å². The van der Waals surface area contributed by atoms with Crippen LogP contribution in [-0.2, 0) is 11.2 Å². The van der Waals surface area contributed by atoms with Crippen molar-refractivity contribution in [2.75, 3.05) is 5.32 Å². The van der Waals surface area contributed by atoms with Crippen molar-refractivity contribution in [3.8, 4) is 11.1 Å². The van der Waals surface area contributed by atoms with Gasteiger partial charge in [-0.05, 0) is 46.2 Å². The van der Waals surface area contributed by atoms with Crippen molar-refractivity contribution >= 4 is 52.4 Å². The van der Waals surface area contributed by atoms with Crippen LogP contribution in [-0.4, -0.2) is 42.0 Å². The number of rotatable bonds is 8. The minimum atomic E-state index is -1.50. The van der Waals surface area contributed by atoms with Gasteiger partial charge in [-0.3, -0.25) is 14.7 Å². The summed E-state index contributed by atoms with van der Waals surface area (Å²) in [6.45, 7) is 8.62. The molecule has 0 saturated carbocycles. The highest BCUT2D eigenvalue weighted by Gasteiger charge is 2.41. The molecule has 12 heteroatoms. The first-order chi connectivity index (χ1) is 15.8. The average Bonchev–Trinajstić information content (AvgIpc) is 3.33. The Kier molecular flexibility index (Phi) is 7.59. The highest BCUT2D eigenvalue weighted by atomic mass is 35.5. The van der Waals surface area contributed by atoms with Crippen LogP contribution in [0.1, 0.15) is 54.6 Å². The number of H-pyrrole nitrogens is 1. The molecule has 0 aliphatic rings. The summed E-state index contributed by atoms with van der Waals surface area (Å²) in [5.74, 6) is -0.918. The number of nitrogens with one attached hydrogen (secondary N) is 3. The predicted molar refractivity (Wildman–Crippen MR) is 131 cm³/mol. The molecular formula is C22H25Cl3N6O3. The minimum absolute atomic E-state index is 0.0906. The van der Waals surface area contributed by atoms with Crippen LogP contribution in [0.15, 0.2) is 22.9 Å². The zero-order chi connectivity index (χ0) is 25.3. The van der Waals surface area contributed by atoms with Crippen LogP contribution in [0.4, 0.5) is 5.82 Å². The van der Waals surface area contributed by atoms with Gasteiger partial charge in [0.15, 0.2) is 0 Å². The van der Waals surface area contributed by atoms with Crippen LogP contribution in [0.2, 0.25) is 5.15 Å². The van der Waals surface area contributed by atoms with Crippen molar-refractivity contribution < 1.29 is 14.1 Å². The SMILES string of the molecule is CCc1nocc1C(=O)N[C@@](C)(CC(C)(Cl)Cl)C(=O)Nc1ccc(-c2c(C)n[nH]c2C)c(Cl)n1. The number of aryl methyl sites for hydroxylation is 3. The fourth-order valence-electron chi connectivity index (χ4n) is 3.71. The summed E-state index contributed by atoms with van der Waals surface area (Å²) in [6.07, 6.45) is 1.62. The number of anilines is 1. The maximum atomic E-state index is 13.3. The zero-order valence-electron chi connectivity index (χ0n) is 19.3. The number of hydrogen-bond donors (Lipinski definition) is 3. The van der Waals surface area contributed by atoms with E-state index in [1.807, 2.05) is 20.8 Å². The summed E-state index contributed by atoms with van der Waals surface area (Å²) in [5.41, 5.74) is 2.33. The number of aromatic nitrogens is 4. The van der Waals surface area contributed by atoms with Gasteiger partial charge in [0, 0.05) is 23.2 Å². The highest BCUT2D eigenvalue weighted by Crippen LogP contribution is 2.33. The lowest BCUT2D eigenvalue weighted by Gasteiger charge is -2.33. The minimum Gasteiger partial charge on any atom is -0.364 e. The van der Waals surface area contributed by atoms with Gasteiger partial charge in [0.1, 0.15) is 32.7 Å². The molecule has 0 unspecified atom stereocenters. The van der Waals surface area contributed by atoms with Crippen LogP contribution in [0.5, 0.6) is 0 Å². The van der Waals surface area contributed by atoms with E-state index in [2.05, 4.69) is 31.0 Å². The Morgan fingerprint density at radius 2 is 1.91 bits per heavy atom. The smallest absolute Gasteiger partial charge is 0.257 e. The third-order valence-corrected chi connectivity index (χ3v) is 5.82. The molecule has 0 radical (unpaired) electrons. The Hall–Kier alpha value is -2.62. The third kappa shape index (κ3) is 5.71. The molecule has 3 aromatic rings. The molecular weight excluding hydrogens is 503 g/mol. The van der Waals surface area contributed by atoms with Gasteiger partial charge < -0.3 is 15.2 Å². The molecule has 3 aromatic heterocycles. The monoisotopic (exact) mass is 526 g/mol. The number of nitrogens with zero attached hydrogens (tertiary/aromatic N) is 3. The van der Waals surface area contributed by atoms with Gasteiger partial charge in [-0.1, -0.05) is 23.7 Å². The van der Waals surface area contributed by atoms with Crippen LogP contribution in [0.25, 0.3) is 11.1 Å². The first-order valence-corrected chi connectivity index (χ1v) is 11.6. The van der Waals surface area contributed by atoms with E-state index in [1.54, 1.807) is 12.1 Å². The topological polar surface area (TPSA) is 126 Å². The van der Waals surface area contributed by atoms with E-state index < -0.39 is 21.7 Å². The first kappa shape index (κ1) is 26.0. The maximum Gasteiger partial charge on any atom is 0.257 e. The van der Waals surface area contributed by atoms with Crippen molar-refractivity contribution in [1.82, 2.24) is 25.7 Å². The van der Waals surface area contributed by atoms with E-state index in [0.717, 1.165) is 17.0 Å². The third-order valence-electron chi connectivity index (χ3n) is 5.27. The summed E-state index contributed by atoms with van der Waals surface area (Å²) in [4.78, 5) is 30.5. The van der Waals surface area contributed by atoms with E-state index in [9.17, 15) is 9.59 Å². The van der Waals surface area contributed by atoms with Crippen LogP contribution in [0, 0.1) is 13.8 Å². The van der Waals surface area contributed by atoms with Gasteiger partial charge in [-0.2, -0.15) is 5.10 Å². The molecule has 0 fully saturated rings. The lowest BCUT2D eigenvalue weighted by Crippen LogP contribution is -2.56. The average molecular weight is 528 g/mol. The van der Waals surface area contributed by atoms with E-state index in [0.29, 0.717) is 17.7 Å². The summed E-state index contributed by atoms with van der Waals surface area (Å²) in [5, 5.41) is 16.5. The Labute approximate surface area is 211 Å². The van der Waals surface area contributed by atoms with Crippen molar-refractivity contribution in [2.24, 2.45) is 0 Å². The summed E-state index contributed by atoms with van der Waals surface area (Å²) >= 11 is 18.9. The molecule has 1 atom stereocenters. The van der Waals surface area contributed by atoms with Crippen molar-refractivity contribution in [1.29, 1.82) is 0 Å². The number of amides is 2. The fraction of sp³-hybridized carbons (Fsp3) is 0.409. The van der Waals surface area contributed by atoms with E-state index in [1.165, 1.54) is 20.1 Å². The van der Waals surface area contributed by atoms with Crippen LogP contribution in [0.3, 0.4) is 0 Å². The van der Waals surface area contributed by atoms with Gasteiger partial charge in [-0.25, -0.2) is 4.98 Å². The lowest BCUT2D eigenvalue weighted by molar-refractivity contribution is -0.121. The maximum absolute atomic E-state index is 13.3. The molecule has 9 nitrogen and oxygen atoms in total. The van der Waals surface area contributed by atoms with Gasteiger partial charge >= 0.3 is 0 Å². The molecule has 2 amide bonds. The molecule has 3 N–H and O–H groups in total. The summed E-state index contributed by atoms with van der Waals surface area (Å²) < 4.78 is 3.59. The molecule has 0 aromatic carbocycles. The van der Waals surface area contributed by atoms with Gasteiger partial charge in [-0.15, -0.1) is 23.2 Å². The van der Waals surface area contributed by atoms with Crippen molar-refractivity contribution in [3.63, 3.8) is 0 Å². The normalized spacial score (nSPS) is 13.4. The van der Waals surface area contributed by atoms with Crippen LogP contribution >= 0.6 is 34.8 Å². The molecule has 3 heterocycles. The molecule has 0 bridgehead atoms. The second-order valence-corrected chi connectivity index (χ2v) is 10.6. The molecule has 0 saturated heterocycles. The molecule has 3 rings (SSSR count). The number of hydrogen-bond acceptors (Lipinski definition) is 6. The number of aromatic amines is 1. The zero-order valence-corrected chi connectivity index (χ0v) is 21.6. The Morgan fingerprint density at radius 3 is 2.47 bits per heavy atom. The molecule has 34 heavy (non-hydrogen) atoms. The number of carbonyl (C=O) groups excluding carboxylic acids is 2. The molecule has 0 aliphatic carbocycles. The molecule has 182 valence electrons. The van der Waals surface area contributed by atoms with Crippen molar-refractivity contribution in [2.45, 2.75) is 57.3 Å². The largest absolute Gasteiger partial charge is 0.364 e. The Balaban J connectivity index is 1.87. The van der Waals surface area contributed by atoms with Crippen molar-refractivity contribution in [3.05, 3.63) is 46.2 Å². The fourth-order valence-corrected chi connectivity index (χ4v) is 4.49. The van der Waals surface area contributed by atoms with E-state index >= 15 is 0 Å². The van der Waals surface area contributed by atoms with Gasteiger partial charge in [0.05, 0.1) is 11.4 Å². The highest BCUT2D eigenvalue weighted by molar-refractivity contribution is 6.48. The molecule has 0 spiro atoms. The van der Waals surface area contributed by atoms with Gasteiger partial charge in [0.2, 0.25) is 0 Å². The number of halogens is 3. The standard InChI is InChI=1S/C22H25Cl3N6O3/c1-6-15-14(9-34-31-15)19(32)28-21(4,10-22(5,24)25)20(33)27-16-8-7-13(18(23)26-16)17-11(2)29-30-12(17)3/h7-9H,6,10H2,1-5H3,(H,28,32)(H,29,30)(H,26,27,33)/t21-/m0/s1. The van der Waals surface area contributed by atoms with Crippen LogP contribution < -0.4 is 10.6 Å². The second kappa shape index (κ2) is 9.93. The lowest BCUT2D eigenvalue weighted by atomic mass is 9.93. The first-order valence-electron chi connectivity index (χ1n) is 10.5. The Morgan fingerprint density at radius 1 is 1.21 bits per heavy atom. The number of pyridine rings is 1. The second-order valence-electron chi connectivity index (χ2n) is 8.36. The Bertz CT molecular complexity index is 1200. The summed E-state index contributed by atoms with van der Waals surface area (Å²) in [7, 11) is 0. The number of carbonyl (C=O) groups is 2. The number of alkyl halides is 2. The quantitative estimate of drug-likeness (QED) is 0.279. The van der Waals surface area contributed by atoms with E-state index in [-0.39, 0.29) is 23.0 Å². The molecule has 0 aliphatic heterocycles. The summed E-state index contributed by atoms with van der Waals surface area (Å²) in [6, 6.07) is 3.35.